The molecule has 0 aromatic heterocycles. The first-order valence-corrected chi connectivity index (χ1v) is 3.06. The molecule has 1 aliphatic heterocycles. The highest BCUT2D eigenvalue weighted by atomic mass is 16.8. The molecule has 6 nitrogen and oxygen atoms in total. The maximum absolute atomic E-state index is 8.90. The monoisotopic (exact) mass is 149 g/mol. The fourth-order valence-electron chi connectivity index (χ4n) is 0.839. The highest BCUT2D eigenvalue weighted by Crippen LogP contribution is 2.10. The van der Waals surface area contributed by atoms with Crippen LogP contribution in [-0.2, 0) is 0 Å². The Bertz CT molecular complexity index is 122. The third-order valence-corrected chi connectivity index (χ3v) is 1.44. The van der Waals surface area contributed by atoms with Crippen molar-refractivity contribution in [3.05, 3.63) is 0 Å². The number of hydrazine groups is 2. The minimum Gasteiger partial charge on any atom is -0.373 e. The fraction of sp³-hybridized carbons (Fsp3) is 1.00. The Morgan fingerprint density at radius 3 is 2.30 bits per heavy atom. The van der Waals surface area contributed by atoms with E-state index >= 15 is 0 Å². The summed E-state index contributed by atoms with van der Waals surface area (Å²) in [5.41, 5.74) is 0. The van der Waals surface area contributed by atoms with E-state index < -0.39 is 6.23 Å². The number of hydroxylamine groups is 1. The molecule has 0 spiro atoms. The van der Waals surface area contributed by atoms with Gasteiger partial charge in [0.1, 0.15) is 0 Å². The molecule has 0 aromatic rings. The summed E-state index contributed by atoms with van der Waals surface area (Å²) in [5, 5.41) is 28.8. The van der Waals surface area contributed by atoms with E-state index in [1.54, 1.807) is 6.92 Å². The van der Waals surface area contributed by atoms with Crippen molar-refractivity contribution in [1.82, 2.24) is 15.5 Å². The molecule has 0 aromatic carbocycles. The SMILES string of the molecule is CCN1CC(O)N(O)N1O. The second kappa shape index (κ2) is 2.79. The van der Waals surface area contributed by atoms with E-state index in [0.717, 1.165) is 0 Å². The molecule has 0 radical (unpaired) electrons. The number of hydrogen-bond acceptors (Lipinski definition) is 6. The second-order valence-electron chi connectivity index (χ2n) is 2.07. The van der Waals surface area contributed by atoms with Gasteiger partial charge in [0.15, 0.2) is 6.23 Å². The predicted octanol–water partition coefficient (Wildman–Crippen LogP) is -1.15. The number of aliphatic hydroxyl groups is 1. The van der Waals surface area contributed by atoms with E-state index in [9.17, 15) is 0 Å². The summed E-state index contributed by atoms with van der Waals surface area (Å²) in [4.78, 5) is 0. The lowest BCUT2D eigenvalue weighted by Gasteiger charge is -2.21. The van der Waals surface area contributed by atoms with Crippen LogP contribution in [0.2, 0.25) is 0 Å². The standard InChI is InChI=1S/C4H11N3O3/c1-2-5-3-4(8)6(9)7(5)10/h4,8-10H,2-3H2,1H3. The largest absolute Gasteiger partial charge is 0.373 e. The summed E-state index contributed by atoms with van der Waals surface area (Å²) in [6, 6.07) is 0. The summed E-state index contributed by atoms with van der Waals surface area (Å²) in [6.45, 7) is 2.54. The van der Waals surface area contributed by atoms with Crippen molar-refractivity contribution >= 4 is 0 Å². The van der Waals surface area contributed by atoms with Crippen LogP contribution in [0.15, 0.2) is 0 Å². The molecular weight excluding hydrogens is 138 g/mol. The van der Waals surface area contributed by atoms with Gasteiger partial charge in [-0.2, -0.15) is 5.01 Å². The Hall–Kier alpha value is -0.240. The Morgan fingerprint density at radius 2 is 2.10 bits per heavy atom. The number of likely N-dealkylation sites (N-methyl/N-ethyl adjacent to an activating group) is 1. The summed E-state index contributed by atoms with van der Waals surface area (Å²) in [5.74, 6) is 0. The van der Waals surface area contributed by atoms with Crippen LogP contribution in [-0.4, -0.2) is 50.3 Å². The van der Waals surface area contributed by atoms with Crippen LogP contribution >= 0.6 is 0 Å². The van der Waals surface area contributed by atoms with Gasteiger partial charge >= 0.3 is 0 Å². The van der Waals surface area contributed by atoms with Gasteiger partial charge in [-0.1, -0.05) is 12.1 Å². The van der Waals surface area contributed by atoms with E-state index in [4.69, 9.17) is 15.5 Å². The Kier molecular flexibility index (Phi) is 2.19. The van der Waals surface area contributed by atoms with E-state index in [0.29, 0.717) is 17.0 Å². The van der Waals surface area contributed by atoms with Gasteiger partial charge in [0.05, 0.1) is 6.54 Å². The number of aliphatic hydroxyl groups excluding tert-OH is 1. The van der Waals surface area contributed by atoms with E-state index in [1.165, 1.54) is 5.01 Å². The maximum atomic E-state index is 8.90. The molecule has 3 N–H and O–H groups in total. The van der Waals surface area contributed by atoms with Crippen LogP contribution in [0, 0.1) is 0 Å². The third-order valence-electron chi connectivity index (χ3n) is 1.44. The Balaban J connectivity index is 2.53. The zero-order valence-electron chi connectivity index (χ0n) is 5.67. The number of nitrogens with zero attached hydrogens (tertiary/aromatic N) is 3. The normalized spacial score (nSPS) is 31.8. The van der Waals surface area contributed by atoms with Gasteiger partial charge in [-0.3, -0.25) is 10.4 Å². The van der Waals surface area contributed by atoms with Gasteiger partial charge in [-0.25, -0.2) is 0 Å². The van der Waals surface area contributed by atoms with Gasteiger partial charge in [0.25, 0.3) is 0 Å². The average molecular weight is 149 g/mol. The minimum atomic E-state index is -1.04. The predicted molar refractivity (Wildman–Crippen MR) is 30.5 cm³/mol. The summed E-state index contributed by atoms with van der Waals surface area (Å²) >= 11 is 0. The Morgan fingerprint density at radius 1 is 1.50 bits per heavy atom. The van der Waals surface area contributed by atoms with Crippen molar-refractivity contribution in [3.63, 3.8) is 0 Å². The molecule has 60 valence electrons. The molecule has 1 heterocycles. The molecule has 0 saturated carbocycles. The van der Waals surface area contributed by atoms with E-state index in [1.807, 2.05) is 0 Å². The fourth-order valence-corrected chi connectivity index (χ4v) is 0.839. The molecule has 0 aliphatic carbocycles. The van der Waals surface area contributed by atoms with Gasteiger partial charge in [0.2, 0.25) is 0 Å². The Labute approximate surface area is 58.3 Å². The summed E-state index contributed by atoms with van der Waals surface area (Å²) < 4.78 is 0. The quantitative estimate of drug-likeness (QED) is 0.437. The molecule has 0 bridgehead atoms. The number of rotatable bonds is 1. The van der Waals surface area contributed by atoms with Crippen LogP contribution in [0.5, 0.6) is 0 Å². The van der Waals surface area contributed by atoms with Crippen molar-refractivity contribution in [2.75, 3.05) is 13.1 Å². The summed E-state index contributed by atoms with van der Waals surface area (Å²) in [7, 11) is 0. The molecule has 0 amide bonds. The van der Waals surface area contributed by atoms with Crippen LogP contribution in [0.1, 0.15) is 6.92 Å². The van der Waals surface area contributed by atoms with Crippen LogP contribution < -0.4 is 0 Å². The van der Waals surface area contributed by atoms with Crippen molar-refractivity contribution in [2.24, 2.45) is 0 Å². The van der Waals surface area contributed by atoms with Crippen LogP contribution in [0.25, 0.3) is 0 Å². The van der Waals surface area contributed by atoms with E-state index in [2.05, 4.69) is 0 Å². The maximum Gasteiger partial charge on any atom is 0.163 e. The molecule has 1 saturated heterocycles. The van der Waals surface area contributed by atoms with Crippen molar-refractivity contribution < 1.29 is 15.5 Å². The zero-order valence-corrected chi connectivity index (χ0v) is 5.67. The smallest absolute Gasteiger partial charge is 0.163 e. The highest BCUT2D eigenvalue weighted by Gasteiger charge is 2.34. The summed E-state index contributed by atoms with van der Waals surface area (Å²) in [6.07, 6.45) is -1.04. The lowest BCUT2D eigenvalue weighted by atomic mass is 10.5. The lowest BCUT2D eigenvalue weighted by molar-refractivity contribution is -0.432. The molecular formula is C4H11N3O3. The van der Waals surface area contributed by atoms with Gasteiger partial charge < -0.3 is 5.11 Å². The second-order valence-corrected chi connectivity index (χ2v) is 2.07. The molecule has 10 heavy (non-hydrogen) atoms. The van der Waals surface area contributed by atoms with Gasteiger partial charge in [-0.05, 0) is 5.28 Å². The molecule has 1 aliphatic rings. The molecule has 1 rings (SSSR count). The molecule has 1 unspecified atom stereocenters. The average Bonchev–Trinajstić information content (AvgIpc) is 2.17. The third kappa shape index (κ3) is 1.12. The topological polar surface area (TPSA) is 70.4 Å². The zero-order chi connectivity index (χ0) is 7.72. The lowest BCUT2D eigenvalue weighted by Crippen LogP contribution is -2.41. The first kappa shape index (κ1) is 7.86. The van der Waals surface area contributed by atoms with Crippen molar-refractivity contribution in [1.29, 1.82) is 0 Å². The first-order valence-electron chi connectivity index (χ1n) is 3.06. The molecule has 1 fully saturated rings. The van der Waals surface area contributed by atoms with Crippen molar-refractivity contribution in [2.45, 2.75) is 13.2 Å². The van der Waals surface area contributed by atoms with Crippen LogP contribution in [0.3, 0.4) is 0 Å². The minimum absolute atomic E-state index is 0.212. The van der Waals surface area contributed by atoms with Crippen molar-refractivity contribution in [3.8, 4) is 0 Å². The van der Waals surface area contributed by atoms with Gasteiger partial charge in [-0.15, -0.1) is 0 Å². The van der Waals surface area contributed by atoms with E-state index in [-0.39, 0.29) is 6.54 Å². The first-order chi connectivity index (χ1) is 4.66. The highest BCUT2D eigenvalue weighted by molar-refractivity contribution is 4.59. The van der Waals surface area contributed by atoms with Crippen LogP contribution in [0.4, 0.5) is 0 Å². The number of hydrogen-bond donors (Lipinski definition) is 3. The molecule has 6 heteroatoms. The molecule has 1 atom stereocenters. The number of β-amino-alcohol motifs (C(OH)–C–C–N with tert-alkyl or cyclic N) is 1. The van der Waals surface area contributed by atoms with Gasteiger partial charge in [0, 0.05) is 6.54 Å².